The van der Waals surface area contributed by atoms with Crippen LogP contribution in [0.25, 0.3) is 11.3 Å². The molecule has 2 aromatic heterocycles. The number of benzene rings is 1. The van der Waals surface area contributed by atoms with Gasteiger partial charge >= 0.3 is 0 Å². The number of aromatic nitrogens is 2. The van der Waals surface area contributed by atoms with E-state index in [-0.39, 0.29) is 6.04 Å². The van der Waals surface area contributed by atoms with Crippen molar-refractivity contribution in [1.82, 2.24) is 20.2 Å². The molecule has 1 atom stereocenters. The number of hydrogen-bond acceptors (Lipinski definition) is 5. The Morgan fingerprint density at radius 3 is 2.88 bits per heavy atom. The van der Waals surface area contributed by atoms with Gasteiger partial charge in [-0.2, -0.15) is 0 Å². The van der Waals surface area contributed by atoms with Crippen molar-refractivity contribution in [1.29, 1.82) is 0 Å². The van der Waals surface area contributed by atoms with E-state index in [1.165, 1.54) is 5.56 Å². The van der Waals surface area contributed by atoms with Crippen LogP contribution in [0, 0.1) is 0 Å². The molecule has 0 spiro atoms. The van der Waals surface area contributed by atoms with E-state index in [1.807, 2.05) is 42.7 Å². The van der Waals surface area contributed by atoms with Crippen LogP contribution in [0.2, 0.25) is 0 Å². The maximum absolute atomic E-state index is 5.99. The zero-order chi connectivity index (χ0) is 17.1. The van der Waals surface area contributed by atoms with Gasteiger partial charge in [0.1, 0.15) is 0 Å². The Morgan fingerprint density at radius 2 is 2.08 bits per heavy atom. The van der Waals surface area contributed by atoms with Gasteiger partial charge in [0.15, 0.2) is 5.76 Å². The van der Waals surface area contributed by atoms with Crippen LogP contribution in [0.3, 0.4) is 0 Å². The Labute approximate surface area is 155 Å². The Kier molecular flexibility index (Phi) is 4.92. The molecule has 1 unspecified atom stereocenters. The van der Waals surface area contributed by atoms with Gasteiger partial charge in [0.2, 0.25) is 5.89 Å². The van der Waals surface area contributed by atoms with Crippen LogP contribution < -0.4 is 5.32 Å². The van der Waals surface area contributed by atoms with Crippen LogP contribution in [-0.2, 0) is 6.54 Å². The molecule has 3 aromatic rings. The first-order chi connectivity index (χ1) is 12.3. The largest absolute Gasteiger partial charge is 0.439 e. The van der Waals surface area contributed by atoms with E-state index in [9.17, 15) is 0 Å². The third-order valence-electron chi connectivity index (χ3n) is 4.44. The molecule has 1 N–H and O–H groups in total. The summed E-state index contributed by atoms with van der Waals surface area (Å²) in [6.45, 7) is 3.52. The molecule has 0 bridgehead atoms. The predicted octanol–water partition coefficient (Wildman–Crippen LogP) is 3.65. The highest BCUT2D eigenvalue weighted by Gasteiger charge is 2.25. The van der Waals surface area contributed by atoms with Crippen molar-refractivity contribution in [3.8, 4) is 11.3 Å². The standard InChI is InChI=1S/C19H19BrN4O/c20-16-5-3-14(4-6-16)18-12-23-19(25-18)13-24-9-8-22-11-17(24)15-2-1-7-21-10-15/h1-7,10,12,17,22H,8-9,11,13H2. The number of piperazine rings is 1. The summed E-state index contributed by atoms with van der Waals surface area (Å²) in [5.74, 6) is 1.55. The normalized spacial score (nSPS) is 18.4. The molecule has 1 aromatic carbocycles. The summed E-state index contributed by atoms with van der Waals surface area (Å²) >= 11 is 3.45. The first kappa shape index (κ1) is 16.4. The van der Waals surface area contributed by atoms with Crippen LogP contribution in [0.15, 0.2) is 63.9 Å². The number of nitrogens with zero attached hydrogens (tertiary/aromatic N) is 3. The summed E-state index contributed by atoms with van der Waals surface area (Å²) in [7, 11) is 0. The Balaban J connectivity index is 1.51. The molecule has 25 heavy (non-hydrogen) atoms. The van der Waals surface area contributed by atoms with Crippen molar-refractivity contribution in [3.05, 3.63) is 70.9 Å². The average molecular weight is 399 g/mol. The maximum Gasteiger partial charge on any atom is 0.209 e. The monoisotopic (exact) mass is 398 g/mol. The number of pyridine rings is 1. The Hall–Kier alpha value is -2.02. The minimum Gasteiger partial charge on any atom is -0.439 e. The molecule has 3 heterocycles. The fraction of sp³-hybridized carbons (Fsp3) is 0.263. The quantitative estimate of drug-likeness (QED) is 0.726. The molecule has 0 radical (unpaired) electrons. The lowest BCUT2D eigenvalue weighted by Gasteiger charge is -2.35. The Bertz CT molecular complexity index is 819. The SMILES string of the molecule is Brc1ccc(-c2cnc(CN3CCNCC3c3cccnc3)o2)cc1. The van der Waals surface area contributed by atoms with Crippen molar-refractivity contribution in [2.24, 2.45) is 0 Å². The second kappa shape index (κ2) is 7.47. The van der Waals surface area contributed by atoms with E-state index < -0.39 is 0 Å². The van der Waals surface area contributed by atoms with Crippen LogP contribution in [0.5, 0.6) is 0 Å². The average Bonchev–Trinajstić information content (AvgIpc) is 3.12. The maximum atomic E-state index is 5.99. The van der Waals surface area contributed by atoms with Gasteiger partial charge in [0, 0.05) is 48.1 Å². The smallest absolute Gasteiger partial charge is 0.209 e. The molecule has 0 amide bonds. The van der Waals surface area contributed by atoms with Crippen molar-refractivity contribution in [2.45, 2.75) is 12.6 Å². The summed E-state index contributed by atoms with van der Waals surface area (Å²) in [4.78, 5) is 11.1. The number of hydrogen-bond donors (Lipinski definition) is 1. The van der Waals surface area contributed by atoms with Crippen LogP contribution in [-0.4, -0.2) is 34.5 Å². The van der Waals surface area contributed by atoms with E-state index in [4.69, 9.17) is 4.42 Å². The lowest BCUT2D eigenvalue weighted by molar-refractivity contribution is 0.140. The minimum absolute atomic E-state index is 0.283. The summed E-state index contributed by atoms with van der Waals surface area (Å²) in [5.41, 5.74) is 2.25. The lowest BCUT2D eigenvalue weighted by atomic mass is 10.1. The zero-order valence-corrected chi connectivity index (χ0v) is 15.3. The number of rotatable bonds is 4. The second-order valence-electron chi connectivity index (χ2n) is 6.10. The van der Waals surface area contributed by atoms with Crippen molar-refractivity contribution in [2.75, 3.05) is 19.6 Å². The molecule has 5 nitrogen and oxygen atoms in total. The molecule has 6 heteroatoms. The molecule has 1 aliphatic rings. The molecule has 1 saturated heterocycles. The molecule has 1 aliphatic heterocycles. The van der Waals surface area contributed by atoms with Gasteiger partial charge in [-0.3, -0.25) is 9.88 Å². The highest BCUT2D eigenvalue weighted by atomic mass is 79.9. The summed E-state index contributed by atoms with van der Waals surface area (Å²) in [6.07, 6.45) is 5.55. The Morgan fingerprint density at radius 1 is 1.20 bits per heavy atom. The molecule has 4 rings (SSSR count). The van der Waals surface area contributed by atoms with Gasteiger partial charge in [-0.1, -0.05) is 34.1 Å². The van der Waals surface area contributed by atoms with Gasteiger partial charge in [-0.25, -0.2) is 4.98 Å². The number of halogens is 1. The van der Waals surface area contributed by atoms with E-state index in [2.05, 4.69) is 42.2 Å². The van der Waals surface area contributed by atoms with Crippen LogP contribution in [0.1, 0.15) is 17.5 Å². The molecule has 128 valence electrons. The fourth-order valence-corrected chi connectivity index (χ4v) is 3.41. The van der Waals surface area contributed by atoms with Gasteiger partial charge in [0.25, 0.3) is 0 Å². The van der Waals surface area contributed by atoms with Crippen LogP contribution >= 0.6 is 15.9 Å². The van der Waals surface area contributed by atoms with Gasteiger partial charge < -0.3 is 9.73 Å². The zero-order valence-electron chi connectivity index (χ0n) is 13.7. The lowest BCUT2D eigenvalue weighted by Crippen LogP contribution is -2.45. The molecule has 0 saturated carbocycles. The van der Waals surface area contributed by atoms with E-state index in [0.717, 1.165) is 41.3 Å². The van der Waals surface area contributed by atoms with E-state index >= 15 is 0 Å². The number of oxazole rings is 1. The first-order valence-corrected chi connectivity index (χ1v) is 9.14. The third-order valence-corrected chi connectivity index (χ3v) is 4.97. The molecular formula is C19H19BrN4O. The summed E-state index contributed by atoms with van der Waals surface area (Å²) in [6, 6.07) is 12.5. The topological polar surface area (TPSA) is 54.2 Å². The highest BCUT2D eigenvalue weighted by molar-refractivity contribution is 9.10. The van der Waals surface area contributed by atoms with Crippen molar-refractivity contribution in [3.63, 3.8) is 0 Å². The summed E-state index contributed by atoms with van der Waals surface area (Å²) < 4.78 is 7.04. The van der Waals surface area contributed by atoms with E-state index in [1.54, 1.807) is 6.20 Å². The van der Waals surface area contributed by atoms with Crippen molar-refractivity contribution < 1.29 is 4.42 Å². The third kappa shape index (κ3) is 3.81. The second-order valence-corrected chi connectivity index (χ2v) is 7.02. The fourth-order valence-electron chi connectivity index (χ4n) is 3.14. The minimum atomic E-state index is 0.283. The predicted molar refractivity (Wildman–Crippen MR) is 99.9 cm³/mol. The molecular weight excluding hydrogens is 380 g/mol. The molecule has 1 fully saturated rings. The molecule has 0 aliphatic carbocycles. The highest BCUT2D eigenvalue weighted by Crippen LogP contribution is 2.26. The van der Waals surface area contributed by atoms with Gasteiger partial charge in [-0.15, -0.1) is 0 Å². The van der Waals surface area contributed by atoms with Crippen molar-refractivity contribution >= 4 is 15.9 Å². The van der Waals surface area contributed by atoms with Crippen LogP contribution in [0.4, 0.5) is 0 Å². The first-order valence-electron chi connectivity index (χ1n) is 8.35. The number of nitrogens with one attached hydrogen (secondary N) is 1. The summed E-state index contributed by atoms with van der Waals surface area (Å²) in [5, 5.41) is 3.46. The van der Waals surface area contributed by atoms with Gasteiger partial charge in [0.05, 0.1) is 12.7 Å². The van der Waals surface area contributed by atoms with Gasteiger partial charge in [-0.05, 0) is 23.8 Å². The van der Waals surface area contributed by atoms with E-state index in [0.29, 0.717) is 6.54 Å².